The van der Waals surface area contributed by atoms with E-state index >= 15 is 0 Å². The summed E-state index contributed by atoms with van der Waals surface area (Å²) in [6.07, 6.45) is 7.95. The molecule has 1 aliphatic rings. The molecule has 0 radical (unpaired) electrons. The summed E-state index contributed by atoms with van der Waals surface area (Å²) < 4.78 is 11.1. The van der Waals surface area contributed by atoms with E-state index in [0.717, 1.165) is 24.0 Å². The standard InChI is InChI=1S/C30H44N4O4/c1-8-22(3)15-16-23(4)30(9-2)18-17-26(31-21-30)33-34-27(35)25(32-28(36)38-29(5,6)7)20-37-19-24-13-11-10-12-14-24/h8,10-16,25H,1,9,17-21H2,2-7H3,(H,31,33)(H,32,36)(H,34,35)/b22-15-,23-16+/t25-,30?/m1/s1. The van der Waals surface area contributed by atoms with Gasteiger partial charge in [-0.15, -0.1) is 0 Å². The fourth-order valence-electron chi connectivity index (χ4n) is 3.98. The van der Waals surface area contributed by atoms with Crippen molar-refractivity contribution in [2.45, 2.75) is 79.1 Å². The van der Waals surface area contributed by atoms with E-state index in [2.05, 4.69) is 48.7 Å². The number of hydrogen-bond donors (Lipinski definition) is 3. The van der Waals surface area contributed by atoms with Crippen LogP contribution in [-0.4, -0.2) is 42.6 Å². The minimum Gasteiger partial charge on any atom is -0.444 e. The number of hydrazine groups is 1. The normalized spacial score (nSPS) is 19.2. The van der Waals surface area contributed by atoms with Gasteiger partial charge in [0.1, 0.15) is 17.5 Å². The molecule has 38 heavy (non-hydrogen) atoms. The van der Waals surface area contributed by atoms with Crippen LogP contribution in [0.25, 0.3) is 0 Å². The maximum Gasteiger partial charge on any atom is 0.408 e. The monoisotopic (exact) mass is 524 g/mol. The van der Waals surface area contributed by atoms with Gasteiger partial charge < -0.3 is 14.8 Å². The van der Waals surface area contributed by atoms with Gasteiger partial charge in [0.15, 0.2) is 0 Å². The summed E-state index contributed by atoms with van der Waals surface area (Å²) in [5, 5.41) is 2.61. The topological polar surface area (TPSA) is 101 Å². The first kappa shape index (κ1) is 30.8. The van der Waals surface area contributed by atoms with E-state index in [9.17, 15) is 9.59 Å². The largest absolute Gasteiger partial charge is 0.444 e. The Morgan fingerprint density at radius 3 is 2.47 bits per heavy atom. The Morgan fingerprint density at radius 2 is 1.89 bits per heavy atom. The van der Waals surface area contributed by atoms with Crippen molar-refractivity contribution in [3.8, 4) is 0 Å². The average Bonchev–Trinajstić information content (AvgIpc) is 2.89. The molecule has 2 amide bonds. The molecule has 0 bridgehead atoms. The number of aliphatic imine (C=N–C) groups is 1. The average molecular weight is 525 g/mol. The molecule has 1 aromatic carbocycles. The zero-order chi connectivity index (χ0) is 28.2. The minimum absolute atomic E-state index is 0.0147. The third-order valence-corrected chi connectivity index (χ3v) is 6.58. The van der Waals surface area contributed by atoms with Crippen LogP contribution in [0, 0.1) is 5.41 Å². The SMILES string of the molecule is C=C/C(C)=C\C=C(/C)C1(CC)CCC(NNC(=O)[C@@H](COCc2ccccc2)NC(=O)OC(C)(C)C)=NC1. The first-order valence-corrected chi connectivity index (χ1v) is 13.2. The molecular formula is C30H44N4O4. The van der Waals surface area contributed by atoms with Gasteiger partial charge in [-0.05, 0) is 53.0 Å². The number of nitrogens with one attached hydrogen (secondary N) is 3. The minimum atomic E-state index is -0.954. The van der Waals surface area contributed by atoms with Crippen molar-refractivity contribution in [2.24, 2.45) is 10.4 Å². The fraction of sp³-hybridized carbons (Fsp3) is 0.500. The highest BCUT2D eigenvalue weighted by Crippen LogP contribution is 2.39. The second-order valence-electron chi connectivity index (χ2n) is 10.7. The van der Waals surface area contributed by atoms with E-state index in [1.54, 1.807) is 20.8 Å². The van der Waals surface area contributed by atoms with E-state index in [-0.39, 0.29) is 12.0 Å². The van der Waals surface area contributed by atoms with E-state index in [0.29, 0.717) is 25.4 Å². The van der Waals surface area contributed by atoms with Crippen molar-refractivity contribution in [3.63, 3.8) is 0 Å². The van der Waals surface area contributed by atoms with E-state index < -0.39 is 23.6 Å². The second-order valence-corrected chi connectivity index (χ2v) is 10.7. The Balaban J connectivity index is 2.00. The Morgan fingerprint density at radius 1 is 1.18 bits per heavy atom. The highest BCUT2D eigenvalue weighted by molar-refractivity contribution is 5.89. The van der Waals surface area contributed by atoms with E-state index in [4.69, 9.17) is 14.5 Å². The van der Waals surface area contributed by atoms with Gasteiger partial charge in [-0.2, -0.15) is 0 Å². The molecule has 1 heterocycles. The Labute approximate surface area is 227 Å². The summed E-state index contributed by atoms with van der Waals surface area (Å²) in [6.45, 7) is 16.4. The third kappa shape index (κ3) is 10.2. The number of carbonyl (C=O) groups is 2. The van der Waals surface area contributed by atoms with Crippen LogP contribution in [0.5, 0.6) is 0 Å². The van der Waals surface area contributed by atoms with Crippen LogP contribution in [0.2, 0.25) is 0 Å². The number of alkyl carbamates (subject to hydrolysis) is 1. The summed E-state index contributed by atoms with van der Waals surface area (Å²) in [5.41, 5.74) is 8.30. The van der Waals surface area contributed by atoms with Crippen LogP contribution < -0.4 is 16.2 Å². The molecule has 1 aliphatic heterocycles. The molecule has 208 valence electrons. The number of amidine groups is 1. The Hall–Kier alpha value is -3.39. The molecule has 0 spiro atoms. The lowest BCUT2D eigenvalue weighted by atomic mass is 9.73. The maximum atomic E-state index is 13.0. The highest BCUT2D eigenvalue weighted by atomic mass is 16.6. The smallest absolute Gasteiger partial charge is 0.408 e. The molecule has 8 nitrogen and oxygen atoms in total. The lowest BCUT2D eigenvalue weighted by molar-refractivity contribution is -0.125. The van der Waals surface area contributed by atoms with Crippen LogP contribution in [0.4, 0.5) is 4.79 Å². The van der Waals surface area contributed by atoms with Crippen molar-refractivity contribution in [2.75, 3.05) is 13.2 Å². The zero-order valence-corrected chi connectivity index (χ0v) is 23.7. The Kier molecular flexibility index (Phi) is 11.8. The van der Waals surface area contributed by atoms with Gasteiger partial charge in [-0.3, -0.25) is 20.6 Å². The number of hydrogen-bond acceptors (Lipinski definition) is 6. The van der Waals surface area contributed by atoms with Crippen LogP contribution in [0.1, 0.15) is 66.4 Å². The van der Waals surface area contributed by atoms with Crippen LogP contribution in [-0.2, 0) is 20.9 Å². The molecular weight excluding hydrogens is 480 g/mol. The molecule has 3 N–H and O–H groups in total. The van der Waals surface area contributed by atoms with Crippen molar-refractivity contribution in [3.05, 3.63) is 71.8 Å². The molecule has 2 rings (SSSR count). The van der Waals surface area contributed by atoms with Crippen molar-refractivity contribution >= 4 is 17.8 Å². The van der Waals surface area contributed by atoms with E-state index in [1.165, 1.54) is 5.57 Å². The molecule has 8 heteroatoms. The van der Waals surface area contributed by atoms with Gasteiger partial charge in [0.25, 0.3) is 5.91 Å². The van der Waals surface area contributed by atoms with Crippen LogP contribution in [0.3, 0.4) is 0 Å². The lowest BCUT2D eigenvalue weighted by Gasteiger charge is -2.36. The second kappa shape index (κ2) is 14.5. The number of ether oxygens (including phenoxy) is 2. The lowest BCUT2D eigenvalue weighted by Crippen LogP contribution is -2.55. The summed E-state index contributed by atoms with van der Waals surface area (Å²) in [6, 6.07) is 8.67. The predicted molar refractivity (Wildman–Crippen MR) is 153 cm³/mol. The number of rotatable bonds is 10. The summed E-state index contributed by atoms with van der Waals surface area (Å²) in [5.74, 6) is 0.259. The van der Waals surface area contributed by atoms with E-state index in [1.807, 2.05) is 43.3 Å². The zero-order valence-electron chi connectivity index (χ0n) is 23.7. The predicted octanol–water partition coefficient (Wildman–Crippen LogP) is 5.38. The van der Waals surface area contributed by atoms with Crippen LogP contribution >= 0.6 is 0 Å². The number of benzene rings is 1. The molecule has 0 saturated heterocycles. The van der Waals surface area contributed by atoms with Gasteiger partial charge in [0.05, 0.1) is 19.8 Å². The number of carbonyl (C=O) groups excluding carboxylic acids is 2. The summed E-state index contributed by atoms with van der Waals surface area (Å²) >= 11 is 0. The van der Waals surface area contributed by atoms with Gasteiger partial charge in [0.2, 0.25) is 0 Å². The molecule has 0 fully saturated rings. The molecule has 0 aromatic heterocycles. The third-order valence-electron chi connectivity index (χ3n) is 6.58. The van der Waals surface area contributed by atoms with Crippen molar-refractivity contribution in [1.29, 1.82) is 0 Å². The molecule has 0 aliphatic carbocycles. The van der Waals surface area contributed by atoms with Crippen molar-refractivity contribution in [1.82, 2.24) is 16.2 Å². The van der Waals surface area contributed by atoms with Gasteiger partial charge >= 0.3 is 6.09 Å². The molecule has 1 aromatic rings. The van der Waals surface area contributed by atoms with Crippen molar-refractivity contribution < 1.29 is 19.1 Å². The molecule has 2 atom stereocenters. The molecule has 0 saturated carbocycles. The first-order valence-electron chi connectivity index (χ1n) is 13.2. The quantitative estimate of drug-likeness (QED) is 0.282. The van der Waals surface area contributed by atoms with Gasteiger partial charge in [-0.25, -0.2) is 4.79 Å². The highest BCUT2D eigenvalue weighted by Gasteiger charge is 2.33. The van der Waals surface area contributed by atoms with Gasteiger partial charge in [-0.1, -0.05) is 73.2 Å². The summed E-state index contributed by atoms with van der Waals surface area (Å²) in [4.78, 5) is 30.1. The fourth-order valence-corrected chi connectivity index (χ4v) is 3.98. The number of amides is 2. The maximum absolute atomic E-state index is 13.0. The Bertz CT molecular complexity index is 1040. The van der Waals surface area contributed by atoms with Gasteiger partial charge in [0, 0.05) is 11.8 Å². The van der Waals surface area contributed by atoms with Crippen LogP contribution in [0.15, 0.2) is 71.3 Å². The molecule has 1 unspecified atom stereocenters. The number of allylic oxidation sites excluding steroid dienone is 4. The summed E-state index contributed by atoms with van der Waals surface area (Å²) in [7, 11) is 0. The number of nitrogens with zero attached hydrogens (tertiary/aromatic N) is 1. The first-order chi connectivity index (χ1) is 18.0.